The first-order valence-electron chi connectivity index (χ1n) is 10.5. The standard InChI is InChI=1S/C25H25N2O3.Pt/c1-25(2)14-4-3-10-19-23(25)30-24(26-19)17-8-5-9-18(15-17)29-21-13-12-16-7-6-11-20(28)22(16)27-21;/h5-9,11-13,19,23,28H,3-4,10,14H2,1-2H3;/q-1;/t19-,23-;/m0./s1. The van der Waals surface area contributed by atoms with Crippen LogP contribution in [0.1, 0.15) is 45.1 Å². The molecule has 0 amide bonds. The number of para-hydroxylation sites is 1. The molecule has 164 valence electrons. The van der Waals surface area contributed by atoms with Crippen LogP contribution in [0, 0.1) is 11.5 Å². The van der Waals surface area contributed by atoms with Crippen LogP contribution in [0.15, 0.2) is 53.5 Å². The van der Waals surface area contributed by atoms with E-state index >= 15 is 0 Å². The number of pyridine rings is 1. The average molecular weight is 597 g/mol. The Hall–Kier alpha value is -2.39. The molecule has 1 fully saturated rings. The van der Waals surface area contributed by atoms with Gasteiger partial charge in [0.2, 0.25) is 5.88 Å². The molecule has 5 nitrogen and oxygen atoms in total. The second-order valence-electron chi connectivity index (χ2n) is 8.80. The first kappa shape index (κ1) is 21.8. The number of aromatic hydroxyl groups is 1. The fourth-order valence-corrected chi connectivity index (χ4v) is 4.47. The van der Waals surface area contributed by atoms with Gasteiger partial charge >= 0.3 is 0 Å². The summed E-state index contributed by atoms with van der Waals surface area (Å²) in [6.07, 6.45) is 4.76. The molecule has 1 aliphatic heterocycles. The third-order valence-electron chi connectivity index (χ3n) is 6.10. The van der Waals surface area contributed by atoms with Gasteiger partial charge in [-0.15, -0.1) is 18.2 Å². The van der Waals surface area contributed by atoms with E-state index in [0.29, 0.717) is 23.0 Å². The van der Waals surface area contributed by atoms with Crippen molar-refractivity contribution in [3.8, 4) is 17.4 Å². The first-order valence-corrected chi connectivity index (χ1v) is 10.5. The maximum atomic E-state index is 10.1. The summed E-state index contributed by atoms with van der Waals surface area (Å²) in [5, 5.41) is 10.9. The summed E-state index contributed by atoms with van der Waals surface area (Å²) in [5.41, 5.74) is 1.41. The van der Waals surface area contributed by atoms with Crippen molar-refractivity contribution in [2.24, 2.45) is 10.4 Å². The monoisotopic (exact) mass is 596 g/mol. The molecule has 3 aromatic rings. The summed E-state index contributed by atoms with van der Waals surface area (Å²) in [6, 6.07) is 18.1. The van der Waals surface area contributed by atoms with Crippen LogP contribution < -0.4 is 4.74 Å². The number of hydrogen-bond donors (Lipinski definition) is 1. The van der Waals surface area contributed by atoms with Crippen LogP contribution in [-0.4, -0.2) is 28.1 Å². The first-order chi connectivity index (χ1) is 14.5. The van der Waals surface area contributed by atoms with Crippen LogP contribution in [-0.2, 0) is 25.8 Å². The minimum absolute atomic E-state index is 0. The van der Waals surface area contributed by atoms with E-state index in [2.05, 4.69) is 24.9 Å². The van der Waals surface area contributed by atoms with Crippen molar-refractivity contribution >= 4 is 16.8 Å². The van der Waals surface area contributed by atoms with Crippen molar-refractivity contribution in [3.05, 3.63) is 60.2 Å². The molecule has 0 bridgehead atoms. The predicted octanol–water partition coefficient (Wildman–Crippen LogP) is 5.64. The van der Waals surface area contributed by atoms with Gasteiger partial charge < -0.3 is 14.6 Å². The fraction of sp³-hybridized carbons (Fsp3) is 0.360. The van der Waals surface area contributed by atoms with E-state index in [0.717, 1.165) is 23.8 Å². The Kier molecular flexibility index (Phi) is 6.07. The Morgan fingerprint density at radius 1 is 1.10 bits per heavy atom. The zero-order chi connectivity index (χ0) is 20.7. The number of aromatic nitrogens is 1. The minimum Gasteiger partial charge on any atom is -0.514 e. The quantitative estimate of drug-likeness (QED) is 0.398. The SMILES string of the molecule is CC1(C)CCCC[C@@H]2N=C(c3[c-]c(Oc4ccc5cccc(O)c5n4)ccc3)O[C@@H]21.[Pt]. The molecule has 0 spiro atoms. The molecule has 6 heteroatoms. The number of hydrogen-bond acceptors (Lipinski definition) is 5. The Morgan fingerprint density at radius 3 is 2.81 bits per heavy atom. The third-order valence-corrected chi connectivity index (χ3v) is 6.10. The molecule has 1 aromatic heterocycles. The molecule has 0 radical (unpaired) electrons. The van der Waals surface area contributed by atoms with Crippen LogP contribution in [0.3, 0.4) is 0 Å². The number of phenolic OH excluding ortho intramolecular Hbond substituents is 1. The van der Waals surface area contributed by atoms with Crippen LogP contribution in [0.5, 0.6) is 17.4 Å². The van der Waals surface area contributed by atoms with Crippen molar-refractivity contribution in [1.29, 1.82) is 0 Å². The second-order valence-corrected chi connectivity index (χ2v) is 8.80. The summed E-state index contributed by atoms with van der Waals surface area (Å²) in [7, 11) is 0. The van der Waals surface area contributed by atoms with Crippen molar-refractivity contribution in [2.75, 3.05) is 0 Å². The van der Waals surface area contributed by atoms with Crippen molar-refractivity contribution in [1.82, 2.24) is 4.98 Å². The van der Waals surface area contributed by atoms with E-state index in [4.69, 9.17) is 14.5 Å². The van der Waals surface area contributed by atoms with Gasteiger partial charge in [-0.2, -0.15) is 0 Å². The second kappa shape index (κ2) is 8.62. The molecule has 2 atom stereocenters. The number of benzene rings is 2. The van der Waals surface area contributed by atoms with Gasteiger partial charge in [0.05, 0.1) is 6.04 Å². The average Bonchev–Trinajstić information content (AvgIpc) is 3.12. The number of aliphatic imine (C=N–C) groups is 1. The Bertz CT molecular complexity index is 1130. The summed E-state index contributed by atoms with van der Waals surface area (Å²) >= 11 is 0. The van der Waals surface area contributed by atoms with Crippen molar-refractivity contribution < 1.29 is 35.6 Å². The van der Waals surface area contributed by atoms with Crippen molar-refractivity contribution in [3.63, 3.8) is 0 Å². The molecule has 1 saturated carbocycles. The zero-order valence-corrected chi connectivity index (χ0v) is 19.8. The normalized spacial score (nSPS) is 21.9. The van der Waals surface area contributed by atoms with Gasteiger partial charge in [0.25, 0.3) is 0 Å². The van der Waals surface area contributed by atoms with Crippen LogP contribution in [0.2, 0.25) is 0 Å². The Balaban J connectivity index is 0.00000231. The van der Waals surface area contributed by atoms with E-state index < -0.39 is 0 Å². The molecule has 2 aromatic carbocycles. The summed E-state index contributed by atoms with van der Waals surface area (Å²) in [5.74, 6) is 1.71. The maximum absolute atomic E-state index is 10.1. The molecule has 31 heavy (non-hydrogen) atoms. The summed E-state index contributed by atoms with van der Waals surface area (Å²) < 4.78 is 12.3. The number of nitrogens with zero attached hydrogens (tertiary/aromatic N) is 2. The van der Waals surface area contributed by atoms with Gasteiger partial charge in [0, 0.05) is 43.7 Å². The predicted molar refractivity (Wildman–Crippen MR) is 116 cm³/mol. The van der Waals surface area contributed by atoms with Gasteiger partial charge in [-0.1, -0.05) is 50.5 Å². The zero-order valence-electron chi connectivity index (χ0n) is 17.6. The third kappa shape index (κ3) is 4.34. The van der Waals surface area contributed by atoms with Gasteiger partial charge in [-0.25, -0.2) is 4.98 Å². The van der Waals surface area contributed by atoms with Gasteiger partial charge in [0.1, 0.15) is 23.3 Å². The minimum atomic E-state index is 0. The van der Waals surface area contributed by atoms with E-state index in [9.17, 15) is 5.11 Å². The van der Waals surface area contributed by atoms with Crippen LogP contribution in [0.25, 0.3) is 10.9 Å². The van der Waals surface area contributed by atoms with E-state index in [1.807, 2.05) is 30.3 Å². The van der Waals surface area contributed by atoms with E-state index in [1.54, 1.807) is 18.2 Å². The van der Waals surface area contributed by atoms with Crippen LogP contribution in [0.4, 0.5) is 0 Å². The molecule has 0 unspecified atom stereocenters. The topological polar surface area (TPSA) is 63.9 Å². The molecule has 2 heterocycles. The summed E-state index contributed by atoms with van der Waals surface area (Å²) in [4.78, 5) is 9.33. The van der Waals surface area contributed by atoms with Crippen molar-refractivity contribution in [2.45, 2.75) is 51.7 Å². The van der Waals surface area contributed by atoms with E-state index in [1.165, 1.54) is 12.8 Å². The van der Waals surface area contributed by atoms with E-state index in [-0.39, 0.29) is 44.4 Å². The Morgan fingerprint density at radius 2 is 1.94 bits per heavy atom. The van der Waals surface area contributed by atoms with Gasteiger partial charge in [-0.05, 0) is 25.0 Å². The largest absolute Gasteiger partial charge is 0.514 e. The molecule has 2 aliphatic rings. The number of rotatable bonds is 3. The maximum Gasteiger partial charge on any atom is 0.217 e. The number of phenols is 1. The number of ether oxygens (including phenoxy) is 2. The molecule has 5 rings (SSSR count). The molecular formula is C25H25N2O3Pt-. The Labute approximate surface area is 196 Å². The van der Waals surface area contributed by atoms with Crippen LogP contribution >= 0.6 is 0 Å². The van der Waals surface area contributed by atoms with Gasteiger partial charge in [-0.3, -0.25) is 4.99 Å². The molecule has 1 N–H and O–H groups in total. The molecular weight excluding hydrogens is 571 g/mol. The fourth-order valence-electron chi connectivity index (χ4n) is 4.47. The smallest absolute Gasteiger partial charge is 0.217 e. The summed E-state index contributed by atoms with van der Waals surface area (Å²) in [6.45, 7) is 4.55. The molecule has 1 aliphatic carbocycles. The molecule has 0 saturated heterocycles. The number of fused-ring (bicyclic) bond motifs is 2. The van der Waals surface area contributed by atoms with Gasteiger partial charge in [0.15, 0.2) is 0 Å².